The molecule has 0 fully saturated rings. The normalized spacial score (nSPS) is 14.3. The number of pyridine rings is 1. The maximum Gasteiger partial charge on any atom is 0.335 e. The van der Waals surface area contributed by atoms with E-state index in [0.29, 0.717) is 12.4 Å². The van der Waals surface area contributed by atoms with Gasteiger partial charge in [-0.15, -0.1) is 0 Å². The summed E-state index contributed by atoms with van der Waals surface area (Å²) in [5.41, 5.74) is 0.143. The van der Waals surface area contributed by atoms with Crippen molar-refractivity contribution in [1.82, 2.24) is 14.5 Å². The molecule has 0 saturated carbocycles. The molecule has 19 heavy (non-hydrogen) atoms. The standard InChI is InChI=1S/C12H11ClN4O2/c13-9-5-8(12(18)19)6-10(15-9)17-4-3-16-2-1-14-11(16)7-17/h1-2,5-6H,3-4,7H2,(H,18,19). The van der Waals surface area contributed by atoms with Gasteiger partial charge >= 0.3 is 5.97 Å². The number of carbonyl (C=O) groups is 1. The SMILES string of the molecule is O=C(O)c1cc(Cl)nc(N2CCn3ccnc3C2)c1. The van der Waals surface area contributed by atoms with Gasteiger partial charge in [-0.1, -0.05) is 11.6 Å². The Balaban J connectivity index is 1.93. The topological polar surface area (TPSA) is 71.2 Å². The van der Waals surface area contributed by atoms with Crippen LogP contribution in [0, 0.1) is 0 Å². The van der Waals surface area contributed by atoms with Crippen LogP contribution < -0.4 is 4.90 Å². The lowest BCUT2D eigenvalue weighted by Crippen LogP contribution is -2.34. The summed E-state index contributed by atoms with van der Waals surface area (Å²) >= 11 is 5.87. The zero-order valence-corrected chi connectivity index (χ0v) is 10.7. The molecule has 0 bridgehead atoms. The summed E-state index contributed by atoms with van der Waals surface area (Å²) in [6.07, 6.45) is 3.69. The predicted octanol–water partition coefficient (Wildman–Crippen LogP) is 1.65. The van der Waals surface area contributed by atoms with E-state index in [1.165, 1.54) is 12.1 Å². The number of carboxylic acids is 1. The highest BCUT2D eigenvalue weighted by atomic mass is 35.5. The van der Waals surface area contributed by atoms with E-state index in [1.807, 2.05) is 11.1 Å². The van der Waals surface area contributed by atoms with Crippen LogP contribution in [0.3, 0.4) is 0 Å². The Morgan fingerprint density at radius 2 is 2.21 bits per heavy atom. The third-order valence-electron chi connectivity index (χ3n) is 3.10. The first kappa shape index (κ1) is 12.0. The predicted molar refractivity (Wildman–Crippen MR) is 69.5 cm³/mol. The van der Waals surface area contributed by atoms with E-state index >= 15 is 0 Å². The van der Waals surface area contributed by atoms with E-state index in [-0.39, 0.29) is 10.7 Å². The number of hydrogen-bond acceptors (Lipinski definition) is 4. The van der Waals surface area contributed by atoms with Crippen LogP contribution in [0.5, 0.6) is 0 Å². The molecule has 0 atom stereocenters. The number of halogens is 1. The van der Waals surface area contributed by atoms with Crippen molar-refractivity contribution in [1.29, 1.82) is 0 Å². The second kappa shape index (κ2) is 4.55. The fourth-order valence-corrected chi connectivity index (χ4v) is 2.34. The van der Waals surface area contributed by atoms with Crippen molar-refractivity contribution in [3.05, 3.63) is 41.1 Å². The Bertz CT molecular complexity index is 640. The van der Waals surface area contributed by atoms with Gasteiger partial charge in [0.1, 0.15) is 16.8 Å². The Kier molecular flexibility index (Phi) is 2.87. The van der Waals surface area contributed by atoms with Crippen molar-refractivity contribution in [2.45, 2.75) is 13.1 Å². The molecule has 3 rings (SSSR count). The first-order valence-corrected chi connectivity index (χ1v) is 6.17. The molecule has 1 aliphatic heterocycles. The number of hydrogen-bond donors (Lipinski definition) is 1. The van der Waals surface area contributed by atoms with E-state index in [2.05, 4.69) is 14.5 Å². The number of anilines is 1. The van der Waals surface area contributed by atoms with Crippen LogP contribution in [0.15, 0.2) is 24.5 Å². The number of carboxylic acid groups (broad SMARTS) is 1. The van der Waals surface area contributed by atoms with Gasteiger partial charge < -0.3 is 14.6 Å². The third-order valence-corrected chi connectivity index (χ3v) is 3.29. The van der Waals surface area contributed by atoms with Gasteiger partial charge in [0.2, 0.25) is 0 Å². The summed E-state index contributed by atoms with van der Waals surface area (Å²) < 4.78 is 2.07. The number of imidazole rings is 1. The van der Waals surface area contributed by atoms with E-state index in [1.54, 1.807) is 6.20 Å². The highest BCUT2D eigenvalue weighted by molar-refractivity contribution is 6.29. The van der Waals surface area contributed by atoms with Crippen LogP contribution >= 0.6 is 11.6 Å². The number of rotatable bonds is 2. The molecule has 6 nitrogen and oxygen atoms in total. The minimum Gasteiger partial charge on any atom is -0.478 e. The van der Waals surface area contributed by atoms with Crippen LogP contribution in [0.25, 0.3) is 0 Å². The number of aromatic carboxylic acids is 1. The fourth-order valence-electron chi connectivity index (χ4n) is 2.14. The molecule has 0 aliphatic carbocycles. The zero-order chi connectivity index (χ0) is 13.4. The van der Waals surface area contributed by atoms with Crippen molar-refractivity contribution in [2.75, 3.05) is 11.4 Å². The summed E-state index contributed by atoms with van der Waals surface area (Å²) in [5, 5.41) is 9.22. The molecule has 0 saturated heterocycles. The quantitative estimate of drug-likeness (QED) is 0.846. The molecule has 0 radical (unpaired) electrons. The molecule has 1 N–H and O–H groups in total. The van der Waals surface area contributed by atoms with Gasteiger partial charge in [-0.3, -0.25) is 0 Å². The fraction of sp³-hybridized carbons (Fsp3) is 0.250. The maximum atomic E-state index is 11.0. The molecular weight excluding hydrogens is 268 g/mol. The monoisotopic (exact) mass is 278 g/mol. The van der Waals surface area contributed by atoms with Crippen LogP contribution in [-0.2, 0) is 13.1 Å². The Labute approximate surface area is 114 Å². The van der Waals surface area contributed by atoms with Crippen molar-refractivity contribution in [2.24, 2.45) is 0 Å². The van der Waals surface area contributed by atoms with Crippen LogP contribution in [0.1, 0.15) is 16.2 Å². The average molecular weight is 279 g/mol. The zero-order valence-electron chi connectivity index (χ0n) is 9.95. The number of nitrogens with zero attached hydrogens (tertiary/aromatic N) is 4. The summed E-state index contributed by atoms with van der Waals surface area (Å²) in [5.74, 6) is 0.494. The Morgan fingerprint density at radius 1 is 1.37 bits per heavy atom. The van der Waals surface area contributed by atoms with Crippen LogP contribution in [0.2, 0.25) is 5.15 Å². The highest BCUT2D eigenvalue weighted by Crippen LogP contribution is 2.22. The van der Waals surface area contributed by atoms with Gasteiger partial charge in [-0.2, -0.15) is 0 Å². The number of aromatic nitrogens is 3. The van der Waals surface area contributed by atoms with E-state index in [4.69, 9.17) is 16.7 Å². The summed E-state index contributed by atoms with van der Waals surface area (Å²) in [6, 6.07) is 2.88. The molecule has 1 aliphatic rings. The average Bonchev–Trinajstić information content (AvgIpc) is 2.85. The summed E-state index contributed by atoms with van der Waals surface area (Å²) in [7, 11) is 0. The van der Waals surface area contributed by atoms with E-state index < -0.39 is 5.97 Å². The Hall–Kier alpha value is -2.08. The molecule has 3 heterocycles. The molecule has 0 aromatic carbocycles. The molecule has 7 heteroatoms. The lowest BCUT2D eigenvalue weighted by atomic mass is 10.2. The molecule has 2 aromatic heterocycles. The van der Waals surface area contributed by atoms with Gasteiger partial charge in [0.15, 0.2) is 0 Å². The van der Waals surface area contributed by atoms with E-state index in [9.17, 15) is 4.79 Å². The van der Waals surface area contributed by atoms with Crippen molar-refractivity contribution in [3.8, 4) is 0 Å². The molecule has 0 spiro atoms. The molecule has 98 valence electrons. The second-order valence-corrected chi connectivity index (χ2v) is 4.69. The van der Waals surface area contributed by atoms with Crippen LogP contribution in [-0.4, -0.2) is 32.2 Å². The first-order valence-electron chi connectivity index (χ1n) is 5.79. The highest BCUT2D eigenvalue weighted by Gasteiger charge is 2.19. The Morgan fingerprint density at radius 3 is 3.00 bits per heavy atom. The van der Waals surface area contributed by atoms with Crippen molar-refractivity contribution in [3.63, 3.8) is 0 Å². The minimum absolute atomic E-state index is 0.143. The lowest BCUT2D eigenvalue weighted by Gasteiger charge is -2.28. The summed E-state index contributed by atoms with van der Waals surface area (Å²) in [4.78, 5) is 21.4. The first-order chi connectivity index (χ1) is 9.13. The van der Waals surface area contributed by atoms with Crippen LogP contribution in [0.4, 0.5) is 5.82 Å². The maximum absolute atomic E-state index is 11.0. The van der Waals surface area contributed by atoms with Gasteiger partial charge in [-0.05, 0) is 12.1 Å². The smallest absolute Gasteiger partial charge is 0.335 e. The lowest BCUT2D eigenvalue weighted by molar-refractivity contribution is 0.0697. The van der Waals surface area contributed by atoms with Gasteiger partial charge in [0.25, 0.3) is 0 Å². The number of fused-ring (bicyclic) bond motifs is 1. The second-order valence-electron chi connectivity index (χ2n) is 4.30. The van der Waals surface area contributed by atoms with Gasteiger partial charge in [0.05, 0.1) is 12.1 Å². The minimum atomic E-state index is -1.01. The molecule has 2 aromatic rings. The third kappa shape index (κ3) is 2.26. The largest absolute Gasteiger partial charge is 0.478 e. The van der Waals surface area contributed by atoms with Crippen molar-refractivity contribution >= 4 is 23.4 Å². The molecule has 0 amide bonds. The molecular formula is C12H11ClN4O2. The van der Waals surface area contributed by atoms with Gasteiger partial charge in [-0.25, -0.2) is 14.8 Å². The van der Waals surface area contributed by atoms with Gasteiger partial charge in [0, 0.05) is 25.5 Å². The van der Waals surface area contributed by atoms with Crippen molar-refractivity contribution < 1.29 is 9.90 Å². The summed E-state index contributed by atoms with van der Waals surface area (Å²) in [6.45, 7) is 2.14. The molecule has 0 unspecified atom stereocenters. The van der Waals surface area contributed by atoms with E-state index in [0.717, 1.165) is 18.9 Å².